The lowest BCUT2D eigenvalue weighted by molar-refractivity contribution is -0.137. The molecular formula is C19H14F3N9O2. The minimum absolute atomic E-state index is 0.0569. The van der Waals surface area contributed by atoms with Gasteiger partial charge in [-0.25, -0.2) is 19.6 Å². The van der Waals surface area contributed by atoms with Gasteiger partial charge in [-0.1, -0.05) is 10.4 Å². The van der Waals surface area contributed by atoms with Crippen LogP contribution in [0.4, 0.5) is 13.2 Å². The van der Waals surface area contributed by atoms with Gasteiger partial charge in [0.1, 0.15) is 12.0 Å². The van der Waals surface area contributed by atoms with Crippen molar-refractivity contribution in [3.05, 3.63) is 47.5 Å². The van der Waals surface area contributed by atoms with Crippen molar-refractivity contribution in [2.24, 2.45) is 7.05 Å². The second kappa shape index (κ2) is 7.36. The van der Waals surface area contributed by atoms with Gasteiger partial charge in [0.15, 0.2) is 22.7 Å². The number of imidazole rings is 1. The molecule has 0 aliphatic rings. The Morgan fingerprint density at radius 2 is 2.06 bits per heavy atom. The van der Waals surface area contributed by atoms with E-state index in [4.69, 9.17) is 4.52 Å². The highest BCUT2D eigenvalue weighted by Gasteiger charge is 2.31. The molecule has 0 bridgehead atoms. The van der Waals surface area contributed by atoms with Crippen LogP contribution in [0.2, 0.25) is 0 Å². The Hall–Kier alpha value is -4.36. The molecule has 0 saturated heterocycles. The number of nitrogens with zero attached hydrogens (tertiary/aromatic N) is 7. The van der Waals surface area contributed by atoms with Crippen LogP contribution in [0.15, 0.2) is 35.1 Å². The molecule has 1 amide bonds. The van der Waals surface area contributed by atoms with Gasteiger partial charge in [-0.2, -0.15) is 13.2 Å². The van der Waals surface area contributed by atoms with Crippen molar-refractivity contribution < 1.29 is 22.5 Å². The zero-order valence-electron chi connectivity index (χ0n) is 17.0. The molecular weight excluding hydrogens is 443 g/mol. The van der Waals surface area contributed by atoms with E-state index >= 15 is 0 Å². The van der Waals surface area contributed by atoms with Gasteiger partial charge in [-0.05, 0) is 25.1 Å². The number of carbonyl (C=O) groups excluding carboxylic acids is 1. The van der Waals surface area contributed by atoms with Crippen molar-refractivity contribution in [2.45, 2.75) is 19.1 Å². The van der Waals surface area contributed by atoms with E-state index in [1.54, 1.807) is 14.0 Å². The number of halogens is 3. The summed E-state index contributed by atoms with van der Waals surface area (Å²) in [5, 5.41) is 14.4. The number of aromatic amines is 1. The normalized spacial score (nSPS) is 13.0. The van der Waals surface area contributed by atoms with E-state index in [-0.39, 0.29) is 28.3 Å². The van der Waals surface area contributed by atoms with Crippen molar-refractivity contribution >= 4 is 28.1 Å². The second-order valence-electron chi connectivity index (χ2n) is 7.23. The summed E-state index contributed by atoms with van der Waals surface area (Å²) in [7, 11) is 1.64. The number of aromatic nitrogens is 8. The van der Waals surface area contributed by atoms with Gasteiger partial charge in [0.2, 0.25) is 5.76 Å². The summed E-state index contributed by atoms with van der Waals surface area (Å²) >= 11 is 0. The fraction of sp³-hybridized carbons (Fsp3) is 0.211. The first-order valence-electron chi connectivity index (χ1n) is 9.56. The first-order valence-corrected chi connectivity index (χ1v) is 9.56. The van der Waals surface area contributed by atoms with E-state index in [2.05, 4.69) is 40.7 Å². The zero-order valence-corrected chi connectivity index (χ0v) is 17.0. The van der Waals surface area contributed by atoms with Crippen LogP contribution in [0.5, 0.6) is 0 Å². The number of alkyl halides is 3. The molecule has 0 radical (unpaired) electrons. The van der Waals surface area contributed by atoms with Crippen LogP contribution in [0, 0.1) is 0 Å². The predicted molar refractivity (Wildman–Crippen MR) is 107 cm³/mol. The molecule has 0 saturated carbocycles. The molecule has 2 N–H and O–H groups in total. The summed E-state index contributed by atoms with van der Waals surface area (Å²) in [6.07, 6.45) is -3.22. The first-order chi connectivity index (χ1) is 15.7. The molecule has 4 aromatic heterocycles. The fourth-order valence-electron chi connectivity index (χ4n) is 3.26. The van der Waals surface area contributed by atoms with Crippen LogP contribution in [-0.4, -0.2) is 46.0 Å². The molecule has 11 nitrogen and oxygen atoms in total. The van der Waals surface area contributed by atoms with Crippen LogP contribution in [0.25, 0.3) is 33.8 Å². The SMILES string of the molecule is C[C@H](NC(=O)c1ncnc2c1nnn2C)c1cc(-c2nc3ccc(C(F)(F)F)cc3[nH]2)on1. The Kier molecular flexibility index (Phi) is 4.58. The third-order valence-electron chi connectivity index (χ3n) is 4.97. The minimum atomic E-state index is -4.47. The van der Waals surface area contributed by atoms with Gasteiger partial charge >= 0.3 is 6.18 Å². The van der Waals surface area contributed by atoms with E-state index in [1.807, 2.05) is 0 Å². The van der Waals surface area contributed by atoms with E-state index in [0.29, 0.717) is 16.9 Å². The maximum Gasteiger partial charge on any atom is 0.416 e. The fourth-order valence-corrected chi connectivity index (χ4v) is 3.26. The number of aryl methyl sites for hydroxylation is 1. The largest absolute Gasteiger partial charge is 0.416 e. The molecule has 33 heavy (non-hydrogen) atoms. The van der Waals surface area contributed by atoms with E-state index in [9.17, 15) is 18.0 Å². The van der Waals surface area contributed by atoms with Gasteiger partial charge < -0.3 is 14.8 Å². The van der Waals surface area contributed by atoms with Gasteiger partial charge in [-0.3, -0.25) is 4.79 Å². The lowest BCUT2D eigenvalue weighted by Crippen LogP contribution is -2.28. The summed E-state index contributed by atoms with van der Waals surface area (Å²) in [5.74, 6) is -0.101. The maximum atomic E-state index is 12.9. The molecule has 1 atom stereocenters. The quantitative estimate of drug-likeness (QED) is 0.420. The number of nitrogens with one attached hydrogen (secondary N) is 2. The molecule has 0 aliphatic carbocycles. The first kappa shape index (κ1) is 20.5. The number of benzene rings is 1. The van der Waals surface area contributed by atoms with E-state index in [1.165, 1.54) is 23.1 Å². The van der Waals surface area contributed by atoms with Crippen LogP contribution in [0.1, 0.15) is 34.7 Å². The second-order valence-corrected chi connectivity index (χ2v) is 7.23. The van der Waals surface area contributed by atoms with E-state index in [0.717, 1.165) is 12.1 Å². The number of hydrogen-bond donors (Lipinski definition) is 2. The monoisotopic (exact) mass is 457 g/mol. The Labute approximate surface area is 182 Å². The lowest BCUT2D eigenvalue weighted by atomic mass is 10.2. The summed E-state index contributed by atoms with van der Waals surface area (Å²) < 4.78 is 45.5. The summed E-state index contributed by atoms with van der Waals surface area (Å²) in [6, 6.07) is 4.15. The number of hydrogen-bond acceptors (Lipinski definition) is 8. The Morgan fingerprint density at radius 1 is 1.24 bits per heavy atom. The number of H-pyrrole nitrogens is 1. The van der Waals surface area contributed by atoms with Gasteiger partial charge in [0.25, 0.3) is 5.91 Å². The van der Waals surface area contributed by atoms with Crippen LogP contribution >= 0.6 is 0 Å². The van der Waals surface area contributed by atoms with Crippen molar-refractivity contribution in [1.29, 1.82) is 0 Å². The average Bonchev–Trinajstić information content (AvgIpc) is 3.50. The molecule has 0 spiro atoms. The highest BCUT2D eigenvalue weighted by molar-refractivity contribution is 6.02. The van der Waals surface area contributed by atoms with Gasteiger partial charge in [0, 0.05) is 13.1 Å². The number of rotatable bonds is 4. The number of fused-ring (bicyclic) bond motifs is 2. The predicted octanol–water partition coefficient (Wildman–Crippen LogP) is 2.80. The highest BCUT2D eigenvalue weighted by Crippen LogP contribution is 2.32. The highest BCUT2D eigenvalue weighted by atomic mass is 19.4. The van der Waals surface area contributed by atoms with Crippen LogP contribution in [-0.2, 0) is 13.2 Å². The third-order valence-corrected chi connectivity index (χ3v) is 4.97. The molecule has 14 heteroatoms. The minimum Gasteiger partial charge on any atom is -0.353 e. The number of amides is 1. The summed E-state index contributed by atoms with van der Waals surface area (Å²) in [5.41, 5.74) is 0.850. The topological polar surface area (TPSA) is 140 Å². The van der Waals surface area contributed by atoms with Crippen molar-refractivity contribution in [2.75, 3.05) is 0 Å². The van der Waals surface area contributed by atoms with Crippen molar-refractivity contribution in [3.63, 3.8) is 0 Å². The molecule has 5 aromatic rings. The Balaban J connectivity index is 1.37. The number of carbonyl (C=O) groups is 1. The molecule has 0 fully saturated rings. The zero-order chi connectivity index (χ0) is 23.3. The van der Waals surface area contributed by atoms with Crippen LogP contribution < -0.4 is 5.32 Å². The maximum absolute atomic E-state index is 12.9. The van der Waals surface area contributed by atoms with Crippen molar-refractivity contribution in [1.82, 2.24) is 45.4 Å². The molecule has 4 heterocycles. The van der Waals surface area contributed by atoms with Crippen LogP contribution in [0.3, 0.4) is 0 Å². The van der Waals surface area contributed by atoms with Crippen molar-refractivity contribution in [3.8, 4) is 11.6 Å². The Morgan fingerprint density at radius 3 is 2.85 bits per heavy atom. The standard InChI is InChI=1S/C19H14F3N9O2/c1-8(25-18(32)15-14-17(24-7-23-15)31(2)30-28-14)11-6-13(33-29-11)16-26-10-4-3-9(19(20,21)22)5-12(10)27-16/h3-8H,1-2H3,(H,25,32)(H,26,27)/t8-/m0/s1. The summed E-state index contributed by atoms with van der Waals surface area (Å²) in [4.78, 5) is 27.8. The Bertz CT molecular complexity index is 1500. The smallest absolute Gasteiger partial charge is 0.353 e. The molecule has 1 aromatic carbocycles. The molecule has 0 unspecified atom stereocenters. The summed E-state index contributed by atoms with van der Waals surface area (Å²) in [6.45, 7) is 1.68. The third kappa shape index (κ3) is 3.64. The molecule has 168 valence electrons. The van der Waals surface area contributed by atoms with Gasteiger partial charge in [0.05, 0.1) is 22.6 Å². The lowest BCUT2D eigenvalue weighted by Gasteiger charge is -2.10. The average molecular weight is 457 g/mol. The van der Waals surface area contributed by atoms with E-state index < -0.39 is 23.7 Å². The molecule has 0 aliphatic heterocycles. The molecule has 5 rings (SSSR count). The van der Waals surface area contributed by atoms with Gasteiger partial charge in [-0.15, -0.1) is 5.10 Å².